The summed E-state index contributed by atoms with van der Waals surface area (Å²) in [6.45, 7) is 1.84. The fourth-order valence-corrected chi connectivity index (χ4v) is 2.59. The van der Waals surface area contributed by atoms with E-state index in [9.17, 15) is 8.42 Å². The molecule has 0 saturated carbocycles. The molecule has 2 aromatic rings. The van der Waals surface area contributed by atoms with Crippen LogP contribution < -0.4 is 10.0 Å². The zero-order valence-corrected chi connectivity index (χ0v) is 11.4. The standard InChI is InChI=1S/C12H14N4O2S/c1-9-5-10(8-14-7-9)16-19(17,18)11-3-4-15-12(6-11)13-2/h3-8,16H,1-2H3,(H,13,15). The summed E-state index contributed by atoms with van der Waals surface area (Å²) >= 11 is 0. The van der Waals surface area contributed by atoms with Crippen molar-refractivity contribution < 1.29 is 8.42 Å². The van der Waals surface area contributed by atoms with Crippen molar-refractivity contribution in [3.63, 3.8) is 0 Å². The predicted octanol–water partition coefficient (Wildman–Crippen LogP) is 1.63. The Morgan fingerprint density at radius 3 is 2.68 bits per heavy atom. The summed E-state index contributed by atoms with van der Waals surface area (Å²) < 4.78 is 26.9. The lowest BCUT2D eigenvalue weighted by molar-refractivity contribution is 0.601. The summed E-state index contributed by atoms with van der Waals surface area (Å²) in [6.07, 6.45) is 4.56. The first-order chi connectivity index (χ1) is 9.01. The molecule has 0 unspecified atom stereocenters. The van der Waals surface area contributed by atoms with Crippen molar-refractivity contribution in [2.24, 2.45) is 0 Å². The summed E-state index contributed by atoms with van der Waals surface area (Å²) in [4.78, 5) is 8.07. The molecule has 0 aliphatic carbocycles. The zero-order valence-electron chi connectivity index (χ0n) is 10.6. The Morgan fingerprint density at radius 1 is 1.21 bits per heavy atom. The van der Waals surface area contributed by atoms with Crippen LogP contribution in [0.1, 0.15) is 5.56 Å². The third kappa shape index (κ3) is 3.19. The van der Waals surface area contributed by atoms with Gasteiger partial charge in [0.1, 0.15) is 5.82 Å². The molecule has 0 bridgehead atoms. The highest BCUT2D eigenvalue weighted by molar-refractivity contribution is 7.92. The molecule has 0 amide bonds. The van der Waals surface area contributed by atoms with Crippen molar-refractivity contribution in [2.45, 2.75) is 11.8 Å². The van der Waals surface area contributed by atoms with E-state index in [-0.39, 0.29) is 4.90 Å². The number of nitrogens with one attached hydrogen (secondary N) is 2. The molecule has 0 atom stereocenters. The lowest BCUT2D eigenvalue weighted by atomic mass is 10.3. The number of aromatic nitrogens is 2. The van der Waals surface area contributed by atoms with Gasteiger partial charge in [-0.2, -0.15) is 0 Å². The number of hydrogen-bond acceptors (Lipinski definition) is 5. The Hall–Kier alpha value is -2.15. The Bertz CT molecular complexity index is 686. The van der Waals surface area contributed by atoms with Gasteiger partial charge in [-0.25, -0.2) is 13.4 Å². The molecule has 6 nitrogen and oxygen atoms in total. The van der Waals surface area contributed by atoms with Gasteiger partial charge in [0.05, 0.1) is 16.8 Å². The Balaban J connectivity index is 2.32. The Kier molecular flexibility index (Phi) is 3.66. The minimum absolute atomic E-state index is 0.147. The number of sulfonamides is 1. The summed E-state index contributed by atoms with van der Waals surface area (Å²) in [7, 11) is -1.96. The van der Waals surface area contributed by atoms with E-state index in [2.05, 4.69) is 20.0 Å². The smallest absolute Gasteiger partial charge is 0.262 e. The molecule has 7 heteroatoms. The van der Waals surface area contributed by atoms with Crippen LogP contribution in [0, 0.1) is 6.92 Å². The van der Waals surface area contributed by atoms with Crippen molar-refractivity contribution >= 4 is 21.5 Å². The highest BCUT2D eigenvalue weighted by Gasteiger charge is 2.15. The maximum Gasteiger partial charge on any atom is 0.262 e. The topological polar surface area (TPSA) is 84.0 Å². The number of nitrogens with zero attached hydrogens (tertiary/aromatic N) is 2. The van der Waals surface area contributed by atoms with E-state index in [1.807, 2.05) is 6.92 Å². The number of rotatable bonds is 4. The third-order valence-corrected chi connectivity index (χ3v) is 3.80. The second-order valence-electron chi connectivity index (χ2n) is 3.98. The molecule has 19 heavy (non-hydrogen) atoms. The van der Waals surface area contributed by atoms with Crippen LogP contribution in [0.5, 0.6) is 0 Å². The van der Waals surface area contributed by atoms with E-state index in [4.69, 9.17) is 0 Å². The Morgan fingerprint density at radius 2 is 2.00 bits per heavy atom. The monoisotopic (exact) mass is 278 g/mol. The van der Waals surface area contributed by atoms with Crippen LogP contribution in [0.2, 0.25) is 0 Å². The first-order valence-corrected chi connectivity index (χ1v) is 7.08. The summed E-state index contributed by atoms with van der Waals surface area (Å²) in [5.41, 5.74) is 1.31. The van der Waals surface area contributed by atoms with Crippen LogP contribution in [-0.2, 0) is 10.0 Å². The van der Waals surface area contributed by atoms with Gasteiger partial charge in [0.15, 0.2) is 0 Å². The maximum absolute atomic E-state index is 12.2. The molecule has 2 heterocycles. The maximum atomic E-state index is 12.2. The Labute approximate surface area is 112 Å². The van der Waals surface area contributed by atoms with E-state index in [0.717, 1.165) is 5.56 Å². The fraction of sp³-hybridized carbons (Fsp3) is 0.167. The van der Waals surface area contributed by atoms with Gasteiger partial charge in [0.2, 0.25) is 0 Å². The molecular formula is C12H14N4O2S. The third-order valence-electron chi connectivity index (χ3n) is 2.43. The van der Waals surface area contributed by atoms with Crippen molar-refractivity contribution in [3.8, 4) is 0 Å². The van der Waals surface area contributed by atoms with E-state index < -0.39 is 10.0 Å². The number of aryl methyl sites for hydroxylation is 1. The second kappa shape index (κ2) is 5.23. The zero-order chi connectivity index (χ0) is 13.9. The van der Waals surface area contributed by atoms with Crippen LogP contribution in [0.25, 0.3) is 0 Å². The van der Waals surface area contributed by atoms with E-state index in [0.29, 0.717) is 11.5 Å². The highest BCUT2D eigenvalue weighted by atomic mass is 32.2. The van der Waals surface area contributed by atoms with Gasteiger partial charge in [0, 0.05) is 25.5 Å². The van der Waals surface area contributed by atoms with Crippen molar-refractivity contribution in [2.75, 3.05) is 17.1 Å². The first kappa shape index (κ1) is 13.3. The van der Waals surface area contributed by atoms with Gasteiger partial charge in [0.25, 0.3) is 10.0 Å². The van der Waals surface area contributed by atoms with Crippen LogP contribution in [0.3, 0.4) is 0 Å². The van der Waals surface area contributed by atoms with E-state index >= 15 is 0 Å². The minimum atomic E-state index is -3.63. The normalized spacial score (nSPS) is 11.1. The van der Waals surface area contributed by atoms with Gasteiger partial charge in [-0.1, -0.05) is 0 Å². The molecule has 2 N–H and O–H groups in total. The molecule has 0 aliphatic heterocycles. The average Bonchev–Trinajstić information content (AvgIpc) is 2.38. The SMILES string of the molecule is CNc1cc(S(=O)(=O)Nc2cncc(C)c2)ccn1. The predicted molar refractivity (Wildman–Crippen MR) is 73.6 cm³/mol. The molecule has 0 fully saturated rings. The molecular weight excluding hydrogens is 264 g/mol. The highest BCUT2D eigenvalue weighted by Crippen LogP contribution is 2.17. The molecule has 0 aromatic carbocycles. The molecule has 0 aliphatic rings. The van der Waals surface area contributed by atoms with E-state index in [1.54, 1.807) is 19.3 Å². The molecule has 0 spiro atoms. The summed E-state index contributed by atoms with van der Waals surface area (Å²) in [6, 6.07) is 4.61. The number of anilines is 2. The fourth-order valence-electron chi connectivity index (χ4n) is 1.54. The molecule has 0 radical (unpaired) electrons. The van der Waals surface area contributed by atoms with Gasteiger partial charge >= 0.3 is 0 Å². The van der Waals surface area contributed by atoms with Gasteiger partial charge < -0.3 is 5.32 Å². The lowest BCUT2D eigenvalue weighted by Gasteiger charge is -2.09. The largest absolute Gasteiger partial charge is 0.373 e. The molecule has 100 valence electrons. The van der Waals surface area contributed by atoms with Crippen molar-refractivity contribution in [1.82, 2.24) is 9.97 Å². The van der Waals surface area contributed by atoms with Crippen molar-refractivity contribution in [3.05, 3.63) is 42.4 Å². The molecule has 2 aromatic heterocycles. The average molecular weight is 278 g/mol. The number of pyridine rings is 2. The quantitative estimate of drug-likeness (QED) is 0.888. The lowest BCUT2D eigenvalue weighted by Crippen LogP contribution is -2.13. The summed E-state index contributed by atoms with van der Waals surface area (Å²) in [5, 5.41) is 2.80. The van der Waals surface area contributed by atoms with Crippen LogP contribution in [-0.4, -0.2) is 25.4 Å². The second-order valence-corrected chi connectivity index (χ2v) is 5.67. The summed E-state index contributed by atoms with van der Waals surface area (Å²) in [5.74, 6) is 0.491. The van der Waals surface area contributed by atoms with Crippen molar-refractivity contribution in [1.29, 1.82) is 0 Å². The van der Waals surface area contributed by atoms with Crippen LogP contribution in [0.4, 0.5) is 11.5 Å². The molecule has 0 saturated heterocycles. The van der Waals surface area contributed by atoms with Crippen LogP contribution >= 0.6 is 0 Å². The first-order valence-electron chi connectivity index (χ1n) is 5.59. The van der Waals surface area contributed by atoms with Crippen LogP contribution in [0.15, 0.2) is 41.7 Å². The molecule has 2 rings (SSSR count). The van der Waals surface area contributed by atoms with Gasteiger partial charge in [-0.3, -0.25) is 9.71 Å². The minimum Gasteiger partial charge on any atom is -0.373 e. The van der Waals surface area contributed by atoms with E-state index in [1.165, 1.54) is 24.5 Å². The van der Waals surface area contributed by atoms with Gasteiger partial charge in [-0.15, -0.1) is 0 Å². The number of hydrogen-bond donors (Lipinski definition) is 2. The van der Waals surface area contributed by atoms with Gasteiger partial charge in [-0.05, 0) is 24.6 Å².